The fourth-order valence-electron chi connectivity index (χ4n) is 0.534. The van der Waals surface area contributed by atoms with Gasteiger partial charge in [0.2, 0.25) is 5.88 Å². The van der Waals surface area contributed by atoms with E-state index in [0.29, 0.717) is 0 Å². The van der Waals surface area contributed by atoms with Gasteiger partial charge in [-0.25, -0.2) is 4.98 Å². The summed E-state index contributed by atoms with van der Waals surface area (Å²) in [6.07, 6.45) is 2.06. The highest BCUT2D eigenvalue weighted by Gasteiger charge is 2.05. The average Bonchev–Trinajstić information content (AvgIpc) is 1.82. The Labute approximate surface area is 69.0 Å². The van der Waals surface area contributed by atoms with E-state index >= 15 is 0 Å². The predicted octanol–water partition coefficient (Wildman–Crippen LogP) is -0.479. The van der Waals surface area contributed by atoms with Crippen molar-refractivity contribution in [2.75, 3.05) is 6.26 Å². The van der Waals surface area contributed by atoms with Crippen molar-refractivity contribution in [1.29, 1.82) is 0 Å². The summed E-state index contributed by atoms with van der Waals surface area (Å²) in [5, 5.41) is 8.71. The van der Waals surface area contributed by atoms with Crippen LogP contribution in [0.1, 0.15) is 0 Å². The number of hydrogen-bond acceptors (Lipinski definition) is 6. The van der Waals surface area contributed by atoms with Gasteiger partial charge >= 0.3 is 16.1 Å². The molecule has 1 aromatic heterocycles. The first-order chi connectivity index (χ1) is 5.47. The van der Waals surface area contributed by atoms with Crippen molar-refractivity contribution in [3.63, 3.8) is 0 Å². The van der Waals surface area contributed by atoms with Crippen LogP contribution in [0.2, 0.25) is 0 Å². The molecule has 0 unspecified atom stereocenters. The third-order valence-electron chi connectivity index (χ3n) is 0.854. The van der Waals surface area contributed by atoms with Crippen molar-refractivity contribution in [2.45, 2.75) is 0 Å². The third kappa shape index (κ3) is 2.70. The average molecular weight is 190 g/mol. The second-order valence-corrected chi connectivity index (χ2v) is 3.56. The van der Waals surface area contributed by atoms with E-state index < -0.39 is 16.1 Å². The van der Waals surface area contributed by atoms with E-state index in [2.05, 4.69) is 14.2 Å². The van der Waals surface area contributed by atoms with E-state index in [1.54, 1.807) is 0 Å². The highest BCUT2D eigenvalue weighted by molar-refractivity contribution is 7.86. The Morgan fingerprint density at radius 1 is 1.58 bits per heavy atom. The van der Waals surface area contributed by atoms with Gasteiger partial charge in [0.05, 0.1) is 6.26 Å². The summed E-state index contributed by atoms with van der Waals surface area (Å²) in [7, 11) is -3.60. The van der Waals surface area contributed by atoms with Crippen LogP contribution in [-0.2, 0) is 10.1 Å². The monoisotopic (exact) mass is 190 g/mol. The van der Waals surface area contributed by atoms with E-state index in [9.17, 15) is 8.42 Å². The van der Waals surface area contributed by atoms with Crippen LogP contribution in [0.5, 0.6) is 11.9 Å². The van der Waals surface area contributed by atoms with Crippen LogP contribution in [0.4, 0.5) is 0 Å². The molecule has 0 bridgehead atoms. The Morgan fingerprint density at radius 3 is 2.75 bits per heavy atom. The Balaban J connectivity index is 2.91. The lowest BCUT2D eigenvalue weighted by Gasteiger charge is -1.99. The lowest BCUT2D eigenvalue weighted by atomic mass is 10.6. The van der Waals surface area contributed by atoms with Crippen LogP contribution < -0.4 is 4.18 Å². The SMILES string of the molecule is CS(=O)(=O)Oc1ccnc(O)n1. The van der Waals surface area contributed by atoms with Crippen molar-refractivity contribution in [2.24, 2.45) is 0 Å². The van der Waals surface area contributed by atoms with E-state index in [4.69, 9.17) is 5.11 Å². The van der Waals surface area contributed by atoms with Gasteiger partial charge in [0.15, 0.2) is 0 Å². The zero-order valence-electron chi connectivity index (χ0n) is 6.13. The Bertz CT molecular complexity index is 375. The molecule has 0 radical (unpaired) electrons. The smallest absolute Gasteiger partial charge is 0.317 e. The number of hydrogen-bond donors (Lipinski definition) is 1. The van der Waals surface area contributed by atoms with Gasteiger partial charge in [-0.1, -0.05) is 0 Å². The molecule has 0 atom stereocenters. The van der Waals surface area contributed by atoms with E-state index in [1.165, 1.54) is 12.3 Å². The zero-order valence-corrected chi connectivity index (χ0v) is 6.95. The van der Waals surface area contributed by atoms with Crippen LogP contribution >= 0.6 is 0 Å². The van der Waals surface area contributed by atoms with Gasteiger partial charge in [-0.2, -0.15) is 13.4 Å². The molecule has 0 saturated heterocycles. The van der Waals surface area contributed by atoms with Crippen LogP contribution in [0.15, 0.2) is 12.3 Å². The minimum atomic E-state index is -3.60. The summed E-state index contributed by atoms with van der Waals surface area (Å²) in [5.41, 5.74) is 0. The fraction of sp³-hybridized carbons (Fsp3) is 0.200. The minimum absolute atomic E-state index is 0.204. The molecule has 0 aromatic carbocycles. The summed E-state index contributed by atoms with van der Waals surface area (Å²) in [5.74, 6) is -0.204. The number of rotatable bonds is 2. The van der Waals surface area contributed by atoms with E-state index in [0.717, 1.165) is 6.26 Å². The molecule has 1 aromatic rings. The largest absolute Gasteiger partial charge is 0.479 e. The first-order valence-corrected chi connectivity index (χ1v) is 4.70. The van der Waals surface area contributed by atoms with Crippen LogP contribution in [0.25, 0.3) is 0 Å². The molecule has 1 heterocycles. The van der Waals surface area contributed by atoms with Gasteiger partial charge in [-0.3, -0.25) is 0 Å². The Hall–Kier alpha value is -1.37. The molecular formula is C5H6N2O4S. The molecule has 0 spiro atoms. The van der Waals surface area contributed by atoms with Crippen molar-refractivity contribution in [1.82, 2.24) is 9.97 Å². The molecule has 66 valence electrons. The number of aromatic hydroxyl groups is 1. The molecule has 12 heavy (non-hydrogen) atoms. The fourth-order valence-corrected chi connectivity index (χ4v) is 0.937. The van der Waals surface area contributed by atoms with Crippen molar-refractivity contribution >= 4 is 10.1 Å². The predicted molar refractivity (Wildman–Crippen MR) is 39.2 cm³/mol. The van der Waals surface area contributed by atoms with Gasteiger partial charge in [-0.05, 0) is 0 Å². The second kappa shape index (κ2) is 2.94. The maximum absolute atomic E-state index is 10.5. The molecule has 0 aliphatic rings. The summed E-state index contributed by atoms with van der Waals surface area (Å²) >= 11 is 0. The normalized spacial score (nSPS) is 11.1. The van der Waals surface area contributed by atoms with Crippen molar-refractivity contribution in [3.8, 4) is 11.9 Å². The highest BCUT2D eigenvalue weighted by atomic mass is 32.2. The highest BCUT2D eigenvalue weighted by Crippen LogP contribution is 2.09. The van der Waals surface area contributed by atoms with Gasteiger partial charge < -0.3 is 9.29 Å². The number of aromatic nitrogens is 2. The molecule has 0 amide bonds. The standard InChI is InChI=1S/C5H6N2O4S/c1-12(9,10)11-4-2-3-6-5(8)7-4/h2-3H,1H3,(H,6,7,8). The summed E-state index contributed by atoms with van der Waals surface area (Å²) in [6, 6.07) is 0.692. The Morgan fingerprint density at radius 2 is 2.25 bits per heavy atom. The molecule has 7 heteroatoms. The molecule has 0 aliphatic carbocycles. The molecule has 0 saturated carbocycles. The molecular weight excluding hydrogens is 184 g/mol. The molecule has 0 aliphatic heterocycles. The molecule has 1 rings (SSSR count). The van der Waals surface area contributed by atoms with Crippen LogP contribution in [0.3, 0.4) is 0 Å². The van der Waals surface area contributed by atoms with Crippen molar-refractivity contribution < 1.29 is 17.7 Å². The van der Waals surface area contributed by atoms with Crippen molar-refractivity contribution in [3.05, 3.63) is 12.3 Å². The quantitative estimate of drug-likeness (QED) is 0.633. The molecule has 6 nitrogen and oxygen atoms in total. The summed E-state index contributed by atoms with van der Waals surface area (Å²) < 4.78 is 25.4. The van der Waals surface area contributed by atoms with E-state index in [-0.39, 0.29) is 5.88 Å². The topological polar surface area (TPSA) is 89.4 Å². The maximum atomic E-state index is 10.5. The lowest BCUT2D eigenvalue weighted by Crippen LogP contribution is -2.06. The maximum Gasteiger partial charge on any atom is 0.317 e. The van der Waals surface area contributed by atoms with E-state index in [1.807, 2.05) is 0 Å². The lowest BCUT2D eigenvalue weighted by molar-refractivity contribution is 0.415. The summed E-state index contributed by atoms with van der Waals surface area (Å²) in [6.45, 7) is 0. The summed E-state index contributed by atoms with van der Waals surface area (Å²) in [4.78, 5) is 6.64. The van der Waals surface area contributed by atoms with Gasteiger partial charge in [-0.15, -0.1) is 0 Å². The van der Waals surface area contributed by atoms with Gasteiger partial charge in [0, 0.05) is 12.3 Å². The van der Waals surface area contributed by atoms with Gasteiger partial charge in [0.25, 0.3) is 0 Å². The minimum Gasteiger partial charge on any atom is -0.479 e. The molecule has 1 N–H and O–H groups in total. The Kier molecular flexibility index (Phi) is 2.13. The van der Waals surface area contributed by atoms with Crippen LogP contribution in [-0.4, -0.2) is 29.7 Å². The zero-order chi connectivity index (χ0) is 9.19. The van der Waals surface area contributed by atoms with Gasteiger partial charge in [0.1, 0.15) is 0 Å². The molecule has 0 fully saturated rings. The number of nitrogens with zero attached hydrogens (tertiary/aromatic N) is 2. The third-order valence-corrected chi connectivity index (χ3v) is 1.33. The van der Waals surface area contributed by atoms with Crippen LogP contribution in [0, 0.1) is 0 Å². The first kappa shape index (κ1) is 8.72. The second-order valence-electron chi connectivity index (χ2n) is 1.98. The first-order valence-electron chi connectivity index (χ1n) is 2.89.